The molecule has 0 aliphatic carbocycles. The molecule has 0 aromatic heterocycles. The van der Waals surface area contributed by atoms with Gasteiger partial charge in [-0.1, -0.05) is 296 Å². The summed E-state index contributed by atoms with van der Waals surface area (Å²) in [6.07, 6.45) is 82.8. The standard InChI is InChI=1S/C90H156N6O17.C13H24.3C2H6.2CH4O/c1-5-9-12-15-18-21-24-27-30-33-36-39-42-45-48-56-87(103)111-73-67-95(66-72-110-80-97)86(102)62-60-84(100)94-81(90(106)93-65-54-71-108-77-79-109-78-76-107-70-53-64-91-82(98)8-4)55-51-52-63-92-83(99)59-61-85(101)96(68-74-112-88(104)57-49-46-43-40-37-34-31-28-25-22-19-16-13-10-6-2)69-75-113-89(105)58-50-47-44-41-38-35-32-29-26-23-20-17-14-11-7-3;1-3-5-7-9-11-13-12-10-8-6-4-2;5*1-2/h18-23,27-32,80-81H,5-17,24-26,33-79H2,1-4H3,(H,91,98)(H,92,99)(H,93,106)(H,94,100);7,9,12-13H,3-6,8,10-11H2,1-2H3;3*1-2H3;2*2H,1H3/b21-18-,22-19-,23-20-,30-27-,31-28-,32-29-;9-7-,13-12-;;;;;/t81-;;;;;;/m0....../s1. The first-order chi connectivity index (χ1) is 66.7. The van der Waals surface area contributed by atoms with E-state index in [9.17, 15) is 47.9 Å². The molecule has 6 amide bonds. The topological polar surface area (TPSA) is 330 Å². The van der Waals surface area contributed by atoms with Gasteiger partial charge < -0.3 is 74.4 Å². The van der Waals surface area contributed by atoms with Crippen molar-refractivity contribution in [1.82, 2.24) is 31.1 Å². The fourth-order valence-electron chi connectivity index (χ4n) is 13.0. The van der Waals surface area contributed by atoms with Crippen LogP contribution in [0, 0.1) is 0 Å². The van der Waals surface area contributed by atoms with Gasteiger partial charge in [0.15, 0.2) is 0 Å². The Bertz CT molecular complexity index is 2800. The third-order valence-electron chi connectivity index (χ3n) is 20.8. The van der Waals surface area contributed by atoms with Gasteiger partial charge in [0.1, 0.15) is 32.5 Å². The number of allylic oxidation sites excluding steroid dienone is 16. The van der Waals surface area contributed by atoms with Crippen LogP contribution in [0.5, 0.6) is 0 Å². The van der Waals surface area contributed by atoms with Gasteiger partial charge >= 0.3 is 17.9 Å². The number of ether oxygens (including phenoxy) is 7. The van der Waals surface area contributed by atoms with Crippen molar-refractivity contribution in [2.24, 2.45) is 0 Å². The predicted molar refractivity (Wildman–Crippen MR) is 564 cm³/mol. The number of rotatable bonds is 91. The molecule has 0 aromatic carbocycles. The number of aliphatic hydroxyl groups excluding tert-OH is 2. The van der Waals surface area contributed by atoms with Crippen LogP contribution in [0.4, 0.5) is 0 Å². The Morgan fingerprint density at radius 3 is 0.912 bits per heavy atom. The number of aliphatic hydroxyl groups is 2. The van der Waals surface area contributed by atoms with Crippen molar-refractivity contribution in [1.29, 1.82) is 0 Å². The van der Waals surface area contributed by atoms with Crippen molar-refractivity contribution in [3.05, 3.63) is 97.2 Å². The predicted octanol–water partition coefficient (Wildman–Crippen LogP) is 23.9. The second-order valence-corrected chi connectivity index (χ2v) is 32.3. The molecule has 0 fully saturated rings. The second kappa shape index (κ2) is 127. The molecule has 0 rings (SSSR count). The molecule has 0 radical (unpaired) electrons. The summed E-state index contributed by atoms with van der Waals surface area (Å²) in [7, 11) is 2.00. The molecule has 0 saturated heterocycles. The fraction of sp³-hybridized carbons (Fsp3) is 0.766. The quantitative estimate of drug-likeness (QED) is 0.0108. The summed E-state index contributed by atoms with van der Waals surface area (Å²) in [5.74, 6) is -3.22. The lowest BCUT2D eigenvalue weighted by atomic mass is 10.1. The highest BCUT2D eigenvalue weighted by Crippen LogP contribution is 2.15. The number of unbranched alkanes of at least 4 members (excludes halogenated alkanes) is 29. The number of hydrogen-bond acceptors (Lipinski definition) is 19. The molecule has 136 heavy (non-hydrogen) atoms. The molecule has 25 heteroatoms. The van der Waals surface area contributed by atoms with E-state index in [1.165, 1.54) is 106 Å². The van der Waals surface area contributed by atoms with Crippen LogP contribution in [-0.4, -0.2) is 212 Å². The second-order valence-electron chi connectivity index (χ2n) is 32.3. The van der Waals surface area contributed by atoms with Crippen LogP contribution in [0.15, 0.2) is 97.2 Å². The summed E-state index contributed by atoms with van der Waals surface area (Å²) in [5.41, 5.74) is 0. The summed E-state index contributed by atoms with van der Waals surface area (Å²) in [6.45, 7) is 28.4. The van der Waals surface area contributed by atoms with Crippen LogP contribution in [0.3, 0.4) is 0 Å². The van der Waals surface area contributed by atoms with Gasteiger partial charge in [-0.25, -0.2) is 0 Å². The Balaban J connectivity index is -0.00000129. The largest absolute Gasteiger partial charge is 0.466 e. The lowest BCUT2D eigenvalue weighted by Crippen LogP contribution is -2.47. The van der Waals surface area contributed by atoms with E-state index in [2.05, 4.69) is 153 Å². The molecule has 794 valence electrons. The fourth-order valence-corrected chi connectivity index (χ4v) is 13.0. The summed E-state index contributed by atoms with van der Waals surface area (Å²) in [6, 6.07) is -0.992. The Kier molecular flexibility index (Phi) is 133. The first kappa shape index (κ1) is 141. The molecule has 0 bridgehead atoms. The number of hydrogen-bond donors (Lipinski definition) is 6. The van der Waals surface area contributed by atoms with Crippen molar-refractivity contribution in [2.45, 2.75) is 429 Å². The highest BCUT2D eigenvalue weighted by atomic mass is 16.6. The maximum absolute atomic E-state index is 13.7. The molecular weight excluding hydrogens is 1720 g/mol. The molecule has 1 atom stereocenters. The Labute approximate surface area is 830 Å². The Hall–Kier alpha value is -7.58. The minimum Gasteiger partial charge on any atom is -0.466 e. The summed E-state index contributed by atoms with van der Waals surface area (Å²) in [4.78, 5) is 131. The molecular formula is C111H206N6O19. The Morgan fingerprint density at radius 1 is 0.279 bits per heavy atom. The lowest BCUT2D eigenvalue weighted by molar-refractivity contribution is -0.148. The van der Waals surface area contributed by atoms with Crippen LogP contribution >= 0.6 is 0 Å². The van der Waals surface area contributed by atoms with Gasteiger partial charge in [-0.3, -0.25) is 47.9 Å². The van der Waals surface area contributed by atoms with Gasteiger partial charge in [-0.15, -0.1) is 0 Å². The SMILES string of the molecule is CC.CC.CC.CCC/C=C\C/C=C\CCCCC.CCCCC/C=C\C/C=C\CCCCCCCC(=O)OCCN(CCOC=O)C(=O)CCC(=O)N[C@@H](CCCCNC(=O)CCC(=O)N(CCOC(=O)CCCCCCC/C=C\C/C=C\CCCCC)CCOC(=O)CCCCCCC/C=C\C/C=C\CCCCC)C(=O)NCCCOCCOCCOCCCNC(=O)CC.CO.CO. The van der Waals surface area contributed by atoms with Crippen molar-refractivity contribution < 1.29 is 91.3 Å². The molecule has 0 aromatic rings. The number of carbonyl (C=O) groups excluding carboxylic acids is 10. The van der Waals surface area contributed by atoms with Crippen LogP contribution in [0.1, 0.15) is 423 Å². The molecule has 0 spiro atoms. The summed E-state index contributed by atoms with van der Waals surface area (Å²) >= 11 is 0. The monoisotopic (exact) mass is 1930 g/mol. The maximum Gasteiger partial charge on any atom is 0.305 e. The van der Waals surface area contributed by atoms with E-state index in [1.54, 1.807) is 6.92 Å². The van der Waals surface area contributed by atoms with Gasteiger partial charge in [0.2, 0.25) is 35.4 Å². The molecule has 0 unspecified atom stereocenters. The molecule has 0 aliphatic rings. The van der Waals surface area contributed by atoms with Gasteiger partial charge in [0.25, 0.3) is 6.47 Å². The van der Waals surface area contributed by atoms with Crippen LogP contribution in [0.2, 0.25) is 0 Å². The molecule has 0 saturated carbocycles. The third-order valence-corrected chi connectivity index (χ3v) is 20.8. The van der Waals surface area contributed by atoms with Gasteiger partial charge in [0, 0.05) is 98.4 Å². The first-order valence-corrected chi connectivity index (χ1v) is 53.7. The van der Waals surface area contributed by atoms with Crippen molar-refractivity contribution >= 4 is 59.8 Å². The van der Waals surface area contributed by atoms with E-state index in [0.717, 1.165) is 155 Å². The summed E-state index contributed by atoms with van der Waals surface area (Å²) in [5, 5.41) is 25.3. The number of nitrogens with one attached hydrogen (secondary N) is 4. The van der Waals surface area contributed by atoms with Crippen molar-refractivity contribution in [3.8, 4) is 0 Å². The van der Waals surface area contributed by atoms with E-state index in [4.69, 9.17) is 43.4 Å². The van der Waals surface area contributed by atoms with Crippen LogP contribution in [0.25, 0.3) is 0 Å². The third kappa shape index (κ3) is 117. The average molecular weight is 1930 g/mol. The number of esters is 3. The van der Waals surface area contributed by atoms with E-state index >= 15 is 0 Å². The first-order valence-electron chi connectivity index (χ1n) is 53.7. The zero-order valence-corrected chi connectivity index (χ0v) is 89.1. The van der Waals surface area contributed by atoms with Crippen LogP contribution < -0.4 is 21.3 Å². The normalized spacial score (nSPS) is 11.2. The highest BCUT2D eigenvalue weighted by molar-refractivity contribution is 5.89. The molecule has 0 aliphatic heterocycles. The van der Waals surface area contributed by atoms with Crippen molar-refractivity contribution in [3.63, 3.8) is 0 Å². The maximum atomic E-state index is 13.7. The molecule has 25 nitrogen and oxygen atoms in total. The number of carbonyl (C=O) groups is 10. The van der Waals surface area contributed by atoms with Crippen molar-refractivity contribution in [2.75, 3.05) is 126 Å². The molecule has 6 N–H and O–H groups in total. The smallest absolute Gasteiger partial charge is 0.305 e. The van der Waals surface area contributed by atoms with E-state index < -0.39 is 23.8 Å². The minimum atomic E-state index is -0.992. The zero-order chi connectivity index (χ0) is 102. The van der Waals surface area contributed by atoms with Gasteiger partial charge in [0.05, 0.1) is 52.6 Å². The molecule has 0 heterocycles. The number of nitrogens with zero attached hydrogens (tertiary/aromatic N) is 2. The van der Waals surface area contributed by atoms with Crippen LogP contribution in [-0.2, 0) is 81.1 Å². The number of amides is 6. The van der Waals surface area contributed by atoms with Gasteiger partial charge in [-0.05, 0) is 173 Å². The Morgan fingerprint density at radius 2 is 0.574 bits per heavy atom. The lowest BCUT2D eigenvalue weighted by Gasteiger charge is -2.23. The van der Waals surface area contributed by atoms with Gasteiger partial charge in [-0.2, -0.15) is 0 Å². The summed E-state index contributed by atoms with van der Waals surface area (Å²) < 4.78 is 38.3. The average Bonchev–Trinajstić information content (AvgIpc) is 0.906. The van der Waals surface area contributed by atoms with E-state index in [0.29, 0.717) is 97.6 Å². The minimum absolute atomic E-state index is 0.00456. The zero-order valence-electron chi connectivity index (χ0n) is 89.1. The highest BCUT2D eigenvalue weighted by Gasteiger charge is 2.23. The van der Waals surface area contributed by atoms with E-state index in [-0.39, 0.29) is 159 Å². The van der Waals surface area contributed by atoms with E-state index in [1.807, 2.05) is 41.5 Å².